The fourth-order valence-electron chi connectivity index (χ4n) is 2.21. The molecule has 0 aliphatic carbocycles. The maximum absolute atomic E-state index is 11.4. The molecule has 0 bridgehead atoms. The van der Waals surface area contributed by atoms with E-state index in [1.807, 2.05) is 31.2 Å². The van der Waals surface area contributed by atoms with Crippen LogP contribution in [0.15, 0.2) is 58.3 Å². The fraction of sp³-hybridized carbons (Fsp3) is 0.278. The number of rotatable bonds is 9. The first-order valence-corrected chi connectivity index (χ1v) is 10.8. The van der Waals surface area contributed by atoms with Gasteiger partial charge in [-0.2, -0.15) is 0 Å². The largest absolute Gasteiger partial charge is 0.489 e. The summed E-state index contributed by atoms with van der Waals surface area (Å²) in [4.78, 5) is 5.42. The Morgan fingerprint density at radius 1 is 1.29 bits per heavy atom. The molecule has 0 radical (unpaired) electrons. The van der Waals surface area contributed by atoms with Crippen molar-refractivity contribution >= 4 is 51.3 Å². The number of nitrogens with two attached hydrogens (primary N) is 1. The van der Waals surface area contributed by atoms with E-state index >= 15 is 0 Å². The van der Waals surface area contributed by atoms with Crippen molar-refractivity contribution in [3.8, 4) is 5.75 Å². The average Bonchev–Trinajstić information content (AvgIpc) is 3.12. The van der Waals surface area contributed by atoms with Crippen molar-refractivity contribution in [2.75, 3.05) is 13.2 Å². The van der Waals surface area contributed by atoms with E-state index in [1.54, 1.807) is 12.1 Å². The van der Waals surface area contributed by atoms with Crippen LogP contribution in [0.5, 0.6) is 5.75 Å². The van der Waals surface area contributed by atoms with Gasteiger partial charge in [-0.1, -0.05) is 30.9 Å². The molecule has 1 heterocycles. The third-order valence-electron chi connectivity index (χ3n) is 3.43. The van der Waals surface area contributed by atoms with Gasteiger partial charge in [0, 0.05) is 17.0 Å². The Kier molecular flexibility index (Phi) is 10.5. The zero-order valence-electron chi connectivity index (χ0n) is 15.6. The standard InChI is InChI=1S/C18H24N4O3S2.HI/c1-3-11-25-16-8-6-5-7-14(16)12-21-18(20-4-2)22-13-15-9-10-17(26-15)27(19,23)24;/h3,5-10H,1,4,11-13H2,2H3,(H2,19,23,24)(H2,20,21,22);1H. The summed E-state index contributed by atoms with van der Waals surface area (Å²) in [5.41, 5.74) is 0.962. The molecule has 1 aromatic carbocycles. The Balaban J connectivity index is 0.00000392. The second-order valence-electron chi connectivity index (χ2n) is 5.52. The summed E-state index contributed by atoms with van der Waals surface area (Å²) in [6.07, 6.45) is 1.70. The summed E-state index contributed by atoms with van der Waals surface area (Å²) in [6, 6.07) is 11.0. The van der Waals surface area contributed by atoms with Crippen molar-refractivity contribution < 1.29 is 13.2 Å². The molecule has 0 atom stereocenters. The number of ether oxygens (including phenoxy) is 1. The molecular weight excluding hydrogens is 511 g/mol. The Labute approximate surface area is 187 Å². The maximum atomic E-state index is 11.4. The molecule has 1 aromatic heterocycles. The van der Waals surface area contributed by atoms with E-state index in [1.165, 1.54) is 6.07 Å². The summed E-state index contributed by atoms with van der Waals surface area (Å²) in [7, 11) is -3.67. The quantitative estimate of drug-likeness (QED) is 0.198. The summed E-state index contributed by atoms with van der Waals surface area (Å²) >= 11 is 1.14. The molecule has 0 spiro atoms. The van der Waals surface area contributed by atoms with Gasteiger partial charge in [-0.25, -0.2) is 18.5 Å². The van der Waals surface area contributed by atoms with E-state index < -0.39 is 10.0 Å². The minimum Gasteiger partial charge on any atom is -0.489 e. The van der Waals surface area contributed by atoms with Crippen molar-refractivity contribution in [3.63, 3.8) is 0 Å². The minimum atomic E-state index is -3.67. The Morgan fingerprint density at radius 3 is 2.68 bits per heavy atom. The van der Waals surface area contributed by atoms with Gasteiger partial charge >= 0.3 is 0 Å². The highest BCUT2D eigenvalue weighted by atomic mass is 127. The SMILES string of the molecule is C=CCOc1ccccc1CN=C(NCC)NCc1ccc(S(N)(=O)=O)s1.I. The van der Waals surface area contributed by atoms with Gasteiger partial charge in [0.2, 0.25) is 10.0 Å². The third kappa shape index (κ3) is 7.78. The van der Waals surface area contributed by atoms with E-state index in [2.05, 4.69) is 22.2 Å². The molecule has 2 aromatic rings. The van der Waals surface area contributed by atoms with E-state index in [9.17, 15) is 8.42 Å². The third-order valence-corrected chi connectivity index (χ3v) is 5.95. The number of aliphatic imine (C=N–C) groups is 1. The lowest BCUT2D eigenvalue weighted by Gasteiger charge is -2.12. The van der Waals surface area contributed by atoms with Crippen LogP contribution in [0, 0.1) is 0 Å². The van der Waals surface area contributed by atoms with Crippen LogP contribution < -0.4 is 20.5 Å². The van der Waals surface area contributed by atoms with Crippen LogP contribution in [0.1, 0.15) is 17.4 Å². The lowest BCUT2D eigenvalue weighted by atomic mass is 10.2. The average molecular weight is 536 g/mol. The molecule has 0 aliphatic rings. The van der Waals surface area contributed by atoms with Crippen molar-refractivity contribution in [3.05, 3.63) is 59.5 Å². The number of thiophene rings is 1. The van der Waals surface area contributed by atoms with Crippen LogP contribution in [0.3, 0.4) is 0 Å². The monoisotopic (exact) mass is 536 g/mol. The number of primary sulfonamides is 1. The minimum absolute atomic E-state index is 0. The summed E-state index contributed by atoms with van der Waals surface area (Å²) in [5.74, 6) is 1.40. The highest BCUT2D eigenvalue weighted by Gasteiger charge is 2.11. The number of hydrogen-bond donors (Lipinski definition) is 3. The number of halogens is 1. The van der Waals surface area contributed by atoms with Crippen molar-refractivity contribution in [2.24, 2.45) is 10.1 Å². The highest BCUT2D eigenvalue weighted by Crippen LogP contribution is 2.20. The first kappa shape index (κ1) is 24.4. The molecule has 2 rings (SSSR count). The lowest BCUT2D eigenvalue weighted by molar-refractivity contribution is 0.359. The molecule has 0 unspecified atom stereocenters. The van der Waals surface area contributed by atoms with Crippen LogP contribution in [0.4, 0.5) is 0 Å². The zero-order valence-corrected chi connectivity index (χ0v) is 19.5. The van der Waals surface area contributed by atoms with Crippen LogP contribution in [-0.4, -0.2) is 27.5 Å². The molecule has 0 aliphatic heterocycles. The van der Waals surface area contributed by atoms with Gasteiger partial charge in [0.1, 0.15) is 16.6 Å². The van der Waals surface area contributed by atoms with Crippen LogP contribution >= 0.6 is 35.3 Å². The molecule has 7 nitrogen and oxygen atoms in total. The van der Waals surface area contributed by atoms with Crippen molar-refractivity contribution in [1.29, 1.82) is 0 Å². The van der Waals surface area contributed by atoms with E-state index in [4.69, 9.17) is 9.88 Å². The number of guanidine groups is 1. The van der Waals surface area contributed by atoms with Gasteiger partial charge in [-0.3, -0.25) is 0 Å². The molecule has 0 saturated carbocycles. The van der Waals surface area contributed by atoms with Gasteiger partial charge in [-0.05, 0) is 25.1 Å². The predicted octanol–water partition coefficient (Wildman–Crippen LogP) is 2.83. The second-order valence-corrected chi connectivity index (χ2v) is 8.48. The van der Waals surface area contributed by atoms with Crippen LogP contribution in [0.25, 0.3) is 0 Å². The van der Waals surface area contributed by atoms with Gasteiger partial charge in [0.05, 0.1) is 13.1 Å². The number of hydrogen-bond acceptors (Lipinski definition) is 5. The molecular formula is C18H25IN4O3S2. The van der Waals surface area contributed by atoms with Gasteiger partial charge in [-0.15, -0.1) is 35.3 Å². The first-order chi connectivity index (χ1) is 12.9. The number of benzene rings is 1. The van der Waals surface area contributed by atoms with Gasteiger partial charge in [0.15, 0.2) is 5.96 Å². The smallest absolute Gasteiger partial charge is 0.247 e. The Bertz CT molecular complexity index is 898. The predicted molar refractivity (Wildman–Crippen MR) is 125 cm³/mol. The van der Waals surface area contributed by atoms with Gasteiger partial charge < -0.3 is 15.4 Å². The molecule has 10 heteroatoms. The van der Waals surface area contributed by atoms with Gasteiger partial charge in [0.25, 0.3) is 0 Å². The summed E-state index contributed by atoms with van der Waals surface area (Å²) in [6.45, 7) is 7.65. The van der Waals surface area contributed by atoms with E-state index in [-0.39, 0.29) is 28.2 Å². The second kappa shape index (κ2) is 12.0. The van der Waals surface area contributed by atoms with Crippen molar-refractivity contribution in [1.82, 2.24) is 10.6 Å². The summed E-state index contributed by atoms with van der Waals surface area (Å²) < 4.78 is 28.5. The topological polar surface area (TPSA) is 106 Å². The number of nitrogens with zero attached hydrogens (tertiary/aromatic N) is 1. The lowest BCUT2D eigenvalue weighted by Crippen LogP contribution is -2.36. The summed E-state index contributed by atoms with van der Waals surface area (Å²) in [5, 5.41) is 11.5. The first-order valence-electron chi connectivity index (χ1n) is 8.39. The van der Waals surface area contributed by atoms with E-state index in [0.29, 0.717) is 32.2 Å². The maximum Gasteiger partial charge on any atom is 0.247 e. The van der Waals surface area contributed by atoms with E-state index in [0.717, 1.165) is 27.5 Å². The fourth-order valence-corrected chi connectivity index (χ4v) is 3.93. The molecule has 4 N–H and O–H groups in total. The number of sulfonamides is 1. The molecule has 0 saturated heterocycles. The normalized spacial score (nSPS) is 11.4. The molecule has 154 valence electrons. The molecule has 0 amide bonds. The Morgan fingerprint density at radius 2 is 2.04 bits per heavy atom. The van der Waals surface area contributed by atoms with Crippen molar-refractivity contribution in [2.45, 2.75) is 24.2 Å². The number of para-hydroxylation sites is 1. The highest BCUT2D eigenvalue weighted by molar-refractivity contribution is 14.0. The molecule has 28 heavy (non-hydrogen) atoms. The number of nitrogens with one attached hydrogen (secondary N) is 2. The zero-order chi connectivity index (χ0) is 19.7. The molecule has 0 fully saturated rings. The van der Waals surface area contributed by atoms with Crippen LogP contribution in [0.2, 0.25) is 0 Å². The Hall–Kier alpha value is -1.63. The van der Waals surface area contributed by atoms with Crippen LogP contribution in [-0.2, 0) is 23.1 Å².